The summed E-state index contributed by atoms with van der Waals surface area (Å²) in [6.07, 6.45) is 3.67. The van der Waals surface area contributed by atoms with Crippen LogP contribution in [0.4, 0.5) is 17.1 Å². The van der Waals surface area contributed by atoms with Gasteiger partial charge in [0.1, 0.15) is 12.0 Å². The van der Waals surface area contributed by atoms with Crippen LogP contribution in [0.3, 0.4) is 0 Å². The van der Waals surface area contributed by atoms with Crippen LogP contribution in [0.5, 0.6) is 0 Å². The summed E-state index contributed by atoms with van der Waals surface area (Å²) in [5.41, 5.74) is 14.2. The van der Waals surface area contributed by atoms with Gasteiger partial charge in [-0.25, -0.2) is 0 Å². The lowest BCUT2D eigenvalue weighted by atomic mass is 9.67. The normalized spacial score (nSPS) is 12.8. The van der Waals surface area contributed by atoms with Gasteiger partial charge in [-0.3, -0.25) is 4.40 Å². The Morgan fingerprint density at radius 3 is 1.63 bits per heavy atom. The maximum absolute atomic E-state index is 5.93. The molecule has 0 amide bonds. The average molecular weight is 668 g/mol. The van der Waals surface area contributed by atoms with Gasteiger partial charge >= 0.3 is 5.84 Å². The highest BCUT2D eigenvalue weighted by atomic mass is 16.3. The van der Waals surface area contributed by atoms with Crippen molar-refractivity contribution in [3.05, 3.63) is 223 Å². The lowest BCUT2D eigenvalue weighted by Crippen LogP contribution is -2.28. The van der Waals surface area contributed by atoms with E-state index in [0.29, 0.717) is 5.84 Å². The molecule has 0 spiro atoms. The number of fused-ring (bicyclic) bond motifs is 4. The molecule has 7 aromatic carbocycles. The fourth-order valence-corrected chi connectivity index (χ4v) is 8.22. The molecule has 0 saturated carbocycles. The Kier molecular flexibility index (Phi) is 7.00. The number of imidazole rings is 1. The predicted octanol–water partition coefficient (Wildman–Crippen LogP) is 12.1. The molecule has 0 bridgehead atoms. The predicted molar refractivity (Wildman–Crippen MR) is 210 cm³/mol. The summed E-state index contributed by atoms with van der Waals surface area (Å²) in [4.78, 5) is 7.35. The molecule has 0 atom stereocenters. The van der Waals surface area contributed by atoms with Crippen LogP contribution >= 0.6 is 0 Å². The zero-order valence-electron chi connectivity index (χ0n) is 28.3. The van der Waals surface area contributed by atoms with Gasteiger partial charge in [0, 0.05) is 34.4 Å². The molecule has 0 radical (unpaired) electrons. The van der Waals surface area contributed by atoms with Gasteiger partial charge in [0.2, 0.25) is 0 Å². The number of nitrogens with zero attached hydrogens (tertiary/aromatic N) is 3. The van der Waals surface area contributed by atoms with Crippen molar-refractivity contribution in [2.45, 2.75) is 5.41 Å². The molecule has 10 rings (SSSR count). The van der Waals surface area contributed by atoms with Gasteiger partial charge in [-0.1, -0.05) is 146 Å². The highest BCUT2D eigenvalue weighted by Crippen LogP contribution is 2.57. The number of aromatic nitrogens is 2. The summed E-state index contributed by atoms with van der Waals surface area (Å²) >= 11 is 0. The van der Waals surface area contributed by atoms with E-state index in [1.54, 1.807) is 6.26 Å². The molecule has 1 aliphatic rings. The molecule has 246 valence electrons. The second kappa shape index (κ2) is 12.1. The van der Waals surface area contributed by atoms with Gasteiger partial charge < -0.3 is 9.32 Å². The molecule has 0 fully saturated rings. The number of benzene rings is 7. The summed E-state index contributed by atoms with van der Waals surface area (Å²) in [7, 11) is 0. The summed E-state index contributed by atoms with van der Waals surface area (Å²) in [5.74, 6) is 0.561. The second-order valence-electron chi connectivity index (χ2n) is 13.2. The van der Waals surface area contributed by atoms with Crippen LogP contribution in [0.2, 0.25) is 0 Å². The number of anilines is 3. The third-order valence-electron chi connectivity index (χ3n) is 10.4. The van der Waals surface area contributed by atoms with E-state index >= 15 is 0 Å². The number of para-hydroxylation sites is 2. The fraction of sp³-hybridized carbons (Fsp3) is 0.0208. The first-order chi connectivity index (χ1) is 25.8. The molecule has 9 aromatic rings. The van der Waals surface area contributed by atoms with Gasteiger partial charge in [0.25, 0.3) is 0 Å². The van der Waals surface area contributed by atoms with Crippen LogP contribution < -0.4 is 4.90 Å². The van der Waals surface area contributed by atoms with Gasteiger partial charge in [0.05, 0.1) is 11.1 Å². The Morgan fingerprint density at radius 1 is 0.481 bits per heavy atom. The maximum atomic E-state index is 5.93. The second-order valence-corrected chi connectivity index (χ2v) is 13.2. The molecule has 0 N–H and O–H groups in total. The number of rotatable bonds is 7. The first kappa shape index (κ1) is 30.0. The van der Waals surface area contributed by atoms with E-state index < -0.39 is 5.41 Å². The first-order valence-electron chi connectivity index (χ1n) is 17.6. The van der Waals surface area contributed by atoms with E-state index in [-0.39, 0.29) is 0 Å². The van der Waals surface area contributed by atoms with Crippen LogP contribution in [0, 0.1) is 0 Å². The summed E-state index contributed by atoms with van der Waals surface area (Å²) in [6, 6.07) is 67.3. The van der Waals surface area contributed by atoms with E-state index in [2.05, 4.69) is 185 Å². The van der Waals surface area contributed by atoms with Crippen molar-refractivity contribution >= 4 is 22.9 Å². The maximum Gasteiger partial charge on any atom is 0.306 e. The average Bonchev–Trinajstić information content (AvgIpc) is 3.91. The quantitative estimate of drug-likeness (QED) is 0.170. The summed E-state index contributed by atoms with van der Waals surface area (Å²) in [6.45, 7) is 0. The Hall–Kier alpha value is -6.91. The first-order valence-corrected chi connectivity index (χ1v) is 17.6. The smallest absolute Gasteiger partial charge is 0.306 e. The van der Waals surface area contributed by atoms with E-state index in [0.717, 1.165) is 39.6 Å². The molecule has 0 saturated heterocycles. The Balaban J connectivity index is 1.15. The molecule has 52 heavy (non-hydrogen) atoms. The van der Waals surface area contributed by atoms with E-state index in [1.807, 2.05) is 18.3 Å². The van der Waals surface area contributed by atoms with Crippen molar-refractivity contribution in [3.63, 3.8) is 0 Å². The van der Waals surface area contributed by atoms with Crippen molar-refractivity contribution in [3.8, 4) is 33.6 Å². The zero-order valence-corrected chi connectivity index (χ0v) is 28.3. The Bertz CT molecular complexity index is 2580. The van der Waals surface area contributed by atoms with Gasteiger partial charge in [-0.15, -0.1) is 0 Å². The van der Waals surface area contributed by atoms with Crippen LogP contribution in [-0.2, 0) is 5.41 Å². The minimum absolute atomic E-state index is 0.495. The monoisotopic (exact) mass is 667 g/mol. The highest BCUT2D eigenvalue weighted by molar-refractivity contribution is 5.90. The van der Waals surface area contributed by atoms with Crippen LogP contribution in [0.25, 0.3) is 39.5 Å². The molecule has 4 nitrogen and oxygen atoms in total. The van der Waals surface area contributed by atoms with E-state index in [1.165, 1.54) is 33.4 Å². The molecule has 2 heterocycles. The van der Waals surface area contributed by atoms with Gasteiger partial charge in [0.15, 0.2) is 0 Å². The van der Waals surface area contributed by atoms with Crippen molar-refractivity contribution in [1.82, 2.24) is 9.38 Å². The molecule has 0 unspecified atom stereocenters. The lowest BCUT2D eigenvalue weighted by Gasteiger charge is -2.34. The molecule has 1 aliphatic carbocycles. The van der Waals surface area contributed by atoms with Crippen LogP contribution in [-0.4, -0.2) is 9.38 Å². The number of oxazole rings is 1. The molecular weight excluding hydrogens is 635 g/mol. The zero-order chi connectivity index (χ0) is 34.5. The van der Waals surface area contributed by atoms with Crippen molar-refractivity contribution < 1.29 is 4.42 Å². The molecule has 2 aromatic heterocycles. The molecule has 4 heteroatoms. The van der Waals surface area contributed by atoms with Gasteiger partial charge in [-0.05, 0) is 75.8 Å². The van der Waals surface area contributed by atoms with Crippen LogP contribution in [0.1, 0.15) is 22.3 Å². The number of hydrogen-bond donors (Lipinski definition) is 0. The van der Waals surface area contributed by atoms with Gasteiger partial charge in [-0.2, -0.15) is 4.98 Å². The Labute approximate surface area is 302 Å². The third kappa shape index (κ3) is 4.58. The minimum atomic E-state index is -0.495. The standard InChI is InChI=1S/C48H33N3O/c1-5-15-36(16-6-1)48(37-17-7-2-8-18-37)43-24-14-13-23-41(43)42-30-27-35(33-44(42)48)46-45(49-47-50(46)31-32-52-47)34-25-28-40(29-26-34)51(38-19-9-3-10-20-38)39-21-11-4-12-22-39/h1-33H. The van der Waals surface area contributed by atoms with Crippen molar-refractivity contribution in [1.29, 1.82) is 0 Å². The molecular formula is C48H33N3O. The summed E-state index contributed by atoms with van der Waals surface area (Å²) in [5, 5.41) is 0. The fourth-order valence-electron chi connectivity index (χ4n) is 8.22. The van der Waals surface area contributed by atoms with Crippen molar-refractivity contribution in [2.24, 2.45) is 0 Å². The highest BCUT2D eigenvalue weighted by Gasteiger charge is 2.46. The van der Waals surface area contributed by atoms with E-state index in [4.69, 9.17) is 9.40 Å². The summed E-state index contributed by atoms with van der Waals surface area (Å²) < 4.78 is 8.00. The Morgan fingerprint density at radius 2 is 1.00 bits per heavy atom. The molecule has 0 aliphatic heterocycles. The lowest BCUT2D eigenvalue weighted by molar-refractivity contribution is 0.596. The topological polar surface area (TPSA) is 33.7 Å². The van der Waals surface area contributed by atoms with Crippen LogP contribution in [0.15, 0.2) is 205 Å². The third-order valence-corrected chi connectivity index (χ3v) is 10.4. The SMILES string of the molecule is c1ccc(N(c2ccccc2)c2ccc(-c3nc4occn4c3-c3ccc4c(c3)C(c3ccccc3)(c3ccccc3)c3ccccc3-4)cc2)cc1. The number of hydrogen-bond acceptors (Lipinski definition) is 3. The van der Waals surface area contributed by atoms with E-state index in [9.17, 15) is 0 Å². The minimum Gasteiger partial charge on any atom is -0.432 e. The van der Waals surface area contributed by atoms with Crippen molar-refractivity contribution in [2.75, 3.05) is 4.90 Å². The largest absolute Gasteiger partial charge is 0.432 e.